The highest BCUT2D eigenvalue weighted by atomic mass is 79.9. The summed E-state index contributed by atoms with van der Waals surface area (Å²) in [6.07, 6.45) is 1.33. The van der Waals surface area contributed by atoms with Crippen molar-refractivity contribution >= 4 is 27.3 Å². The molecule has 0 spiro atoms. The third-order valence-corrected chi connectivity index (χ3v) is 4.36. The van der Waals surface area contributed by atoms with Gasteiger partial charge in [0.05, 0.1) is 3.79 Å². The molecule has 1 aliphatic rings. The summed E-state index contributed by atoms with van der Waals surface area (Å²) in [7, 11) is 2.21. The van der Waals surface area contributed by atoms with Gasteiger partial charge in [0.2, 0.25) is 0 Å². The molecular formula is C11H17BrN2S. The molecular weight excluding hydrogens is 272 g/mol. The number of thiophene rings is 1. The predicted molar refractivity (Wildman–Crippen MR) is 69.3 cm³/mol. The molecule has 1 aliphatic heterocycles. The third kappa shape index (κ3) is 3.55. The largest absolute Gasteiger partial charge is 0.316 e. The monoisotopic (exact) mass is 288 g/mol. The lowest BCUT2D eigenvalue weighted by molar-refractivity contribution is 0.279. The molecule has 1 aromatic rings. The fourth-order valence-corrected chi connectivity index (χ4v) is 3.32. The van der Waals surface area contributed by atoms with Gasteiger partial charge in [-0.25, -0.2) is 0 Å². The highest BCUT2D eigenvalue weighted by Gasteiger charge is 2.16. The van der Waals surface area contributed by atoms with Crippen LogP contribution in [0.3, 0.4) is 0 Å². The van der Waals surface area contributed by atoms with Crippen molar-refractivity contribution in [3.63, 3.8) is 0 Å². The van der Waals surface area contributed by atoms with Gasteiger partial charge in [-0.2, -0.15) is 0 Å². The Kier molecular flexibility index (Phi) is 4.20. The van der Waals surface area contributed by atoms with Gasteiger partial charge in [-0.1, -0.05) is 0 Å². The third-order valence-electron chi connectivity index (χ3n) is 2.81. The van der Waals surface area contributed by atoms with Crippen LogP contribution in [-0.2, 0) is 6.54 Å². The van der Waals surface area contributed by atoms with E-state index >= 15 is 0 Å². The molecule has 1 atom stereocenters. The molecule has 1 unspecified atom stereocenters. The molecule has 2 rings (SSSR count). The zero-order chi connectivity index (χ0) is 10.7. The average molecular weight is 289 g/mol. The Labute approximate surface area is 104 Å². The lowest BCUT2D eigenvalue weighted by atomic mass is 10.1. The predicted octanol–water partition coefficient (Wildman–Crippen LogP) is 2.55. The van der Waals surface area contributed by atoms with E-state index in [9.17, 15) is 0 Å². The van der Waals surface area contributed by atoms with Crippen molar-refractivity contribution in [3.05, 3.63) is 20.8 Å². The van der Waals surface area contributed by atoms with Crippen molar-refractivity contribution in [2.45, 2.75) is 13.0 Å². The fourth-order valence-electron chi connectivity index (χ4n) is 2.12. The van der Waals surface area contributed by atoms with Crippen molar-refractivity contribution in [1.82, 2.24) is 10.2 Å². The molecule has 1 aromatic heterocycles. The number of nitrogens with zero attached hydrogens (tertiary/aromatic N) is 1. The topological polar surface area (TPSA) is 15.3 Å². The van der Waals surface area contributed by atoms with Crippen LogP contribution in [0.25, 0.3) is 0 Å². The van der Waals surface area contributed by atoms with Crippen LogP contribution in [0, 0.1) is 5.92 Å². The molecule has 2 heterocycles. The molecule has 1 N–H and O–H groups in total. The van der Waals surface area contributed by atoms with Crippen molar-refractivity contribution < 1.29 is 0 Å². The first-order valence-electron chi connectivity index (χ1n) is 5.36. The van der Waals surface area contributed by atoms with E-state index < -0.39 is 0 Å². The van der Waals surface area contributed by atoms with E-state index in [4.69, 9.17) is 0 Å². The van der Waals surface area contributed by atoms with Crippen LogP contribution in [0.4, 0.5) is 0 Å². The Morgan fingerprint density at radius 2 is 2.53 bits per heavy atom. The number of nitrogens with one attached hydrogen (secondary N) is 1. The SMILES string of the molecule is CN(Cc1csc(Br)c1)CC1CCNC1. The van der Waals surface area contributed by atoms with E-state index in [2.05, 4.69) is 44.6 Å². The summed E-state index contributed by atoms with van der Waals surface area (Å²) in [5.41, 5.74) is 1.42. The van der Waals surface area contributed by atoms with Gasteiger partial charge in [-0.3, -0.25) is 0 Å². The highest BCUT2D eigenvalue weighted by Crippen LogP contribution is 2.21. The zero-order valence-electron chi connectivity index (χ0n) is 9.00. The van der Waals surface area contributed by atoms with E-state index in [1.807, 2.05) is 0 Å². The molecule has 0 radical (unpaired) electrons. The first-order valence-corrected chi connectivity index (χ1v) is 7.03. The lowest BCUT2D eigenvalue weighted by Crippen LogP contribution is -2.26. The maximum absolute atomic E-state index is 3.50. The van der Waals surface area contributed by atoms with Gasteiger partial charge < -0.3 is 10.2 Å². The summed E-state index contributed by atoms with van der Waals surface area (Å²) in [4.78, 5) is 2.42. The van der Waals surface area contributed by atoms with Gasteiger partial charge in [0, 0.05) is 13.1 Å². The molecule has 0 aromatic carbocycles. The molecule has 0 saturated carbocycles. The summed E-state index contributed by atoms with van der Waals surface area (Å²) in [5.74, 6) is 0.845. The summed E-state index contributed by atoms with van der Waals surface area (Å²) in [5, 5.41) is 5.64. The zero-order valence-corrected chi connectivity index (χ0v) is 11.4. The van der Waals surface area contributed by atoms with E-state index in [0.717, 1.165) is 12.5 Å². The van der Waals surface area contributed by atoms with E-state index in [1.54, 1.807) is 11.3 Å². The van der Waals surface area contributed by atoms with Crippen LogP contribution in [0.5, 0.6) is 0 Å². The van der Waals surface area contributed by atoms with Crippen LogP contribution in [0.1, 0.15) is 12.0 Å². The highest BCUT2D eigenvalue weighted by molar-refractivity contribution is 9.11. The minimum atomic E-state index is 0.845. The normalized spacial score (nSPS) is 21.4. The second-order valence-electron chi connectivity index (χ2n) is 4.31. The van der Waals surface area contributed by atoms with Gasteiger partial charge in [0.15, 0.2) is 0 Å². The number of hydrogen-bond donors (Lipinski definition) is 1. The molecule has 84 valence electrons. The summed E-state index contributed by atoms with van der Waals surface area (Å²) < 4.78 is 1.23. The Morgan fingerprint density at radius 3 is 3.13 bits per heavy atom. The van der Waals surface area contributed by atoms with E-state index in [-0.39, 0.29) is 0 Å². The second-order valence-corrected chi connectivity index (χ2v) is 6.61. The van der Waals surface area contributed by atoms with Crippen molar-refractivity contribution in [1.29, 1.82) is 0 Å². The second kappa shape index (κ2) is 5.43. The molecule has 1 fully saturated rings. The van der Waals surface area contributed by atoms with E-state index in [1.165, 1.54) is 35.4 Å². The minimum absolute atomic E-state index is 0.845. The molecule has 0 amide bonds. The Bertz CT molecular complexity index is 307. The number of hydrogen-bond acceptors (Lipinski definition) is 3. The molecule has 1 saturated heterocycles. The first kappa shape index (κ1) is 11.6. The minimum Gasteiger partial charge on any atom is -0.316 e. The summed E-state index contributed by atoms with van der Waals surface area (Å²) >= 11 is 5.27. The standard InChI is InChI=1S/C11H17BrN2S/c1-14(6-9-2-3-13-5-9)7-10-4-11(12)15-8-10/h4,8-9,13H,2-3,5-7H2,1H3. The summed E-state index contributed by atoms with van der Waals surface area (Å²) in [6.45, 7) is 4.67. The fraction of sp³-hybridized carbons (Fsp3) is 0.636. The first-order chi connectivity index (χ1) is 7.24. The lowest BCUT2D eigenvalue weighted by Gasteiger charge is -2.19. The van der Waals surface area contributed by atoms with Gasteiger partial charge in [-0.05, 0) is 65.4 Å². The number of rotatable bonds is 4. The Morgan fingerprint density at radius 1 is 1.67 bits per heavy atom. The van der Waals surface area contributed by atoms with Gasteiger partial charge in [0.1, 0.15) is 0 Å². The summed E-state index contributed by atoms with van der Waals surface area (Å²) in [6, 6.07) is 2.22. The van der Waals surface area contributed by atoms with Crippen LogP contribution in [0.15, 0.2) is 15.2 Å². The Hall–Kier alpha value is 0.1000. The quantitative estimate of drug-likeness (QED) is 0.916. The van der Waals surface area contributed by atoms with Crippen molar-refractivity contribution in [2.24, 2.45) is 5.92 Å². The van der Waals surface area contributed by atoms with Gasteiger partial charge >= 0.3 is 0 Å². The smallest absolute Gasteiger partial charge is 0.0701 e. The molecule has 4 heteroatoms. The van der Waals surface area contributed by atoms with Crippen LogP contribution < -0.4 is 5.32 Å². The van der Waals surface area contributed by atoms with Crippen LogP contribution in [0.2, 0.25) is 0 Å². The van der Waals surface area contributed by atoms with Crippen molar-refractivity contribution in [2.75, 3.05) is 26.7 Å². The molecule has 0 bridgehead atoms. The molecule has 2 nitrogen and oxygen atoms in total. The van der Waals surface area contributed by atoms with Crippen molar-refractivity contribution in [3.8, 4) is 0 Å². The maximum atomic E-state index is 3.50. The maximum Gasteiger partial charge on any atom is 0.0701 e. The van der Waals surface area contributed by atoms with Gasteiger partial charge in [0.25, 0.3) is 0 Å². The number of halogens is 1. The van der Waals surface area contributed by atoms with Crippen LogP contribution in [-0.4, -0.2) is 31.6 Å². The Balaban J connectivity index is 1.78. The molecule has 0 aliphatic carbocycles. The van der Waals surface area contributed by atoms with Crippen LogP contribution >= 0.6 is 27.3 Å². The average Bonchev–Trinajstić information content (AvgIpc) is 2.77. The van der Waals surface area contributed by atoms with E-state index in [0.29, 0.717) is 0 Å². The molecule has 15 heavy (non-hydrogen) atoms. The van der Waals surface area contributed by atoms with Gasteiger partial charge in [-0.15, -0.1) is 11.3 Å².